The summed E-state index contributed by atoms with van der Waals surface area (Å²) in [6, 6.07) is 2.11. The van der Waals surface area contributed by atoms with Crippen molar-refractivity contribution >= 4 is 11.8 Å². The smallest absolute Gasteiger partial charge is 0.125 e. The average molecular weight is 266 g/mol. The number of ether oxygens (including phenoxy) is 1. The molecule has 0 aliphatic carbocycles. The summed E-state index contributed by atoms with van der Waals surface area (Å²) in [6.07, 6.45) is 2.09. The monoisotopic (exact) mass is 266 g/mol. The minimum atomic E-state index is -0.518. The van der Waals surface area contributed by atoms with Crippen LogP contribution in [0.1, 0.15) is 23.6 Å². The Morgan fingerprint density at radius 2 is 2.06 bits per heavy atom. The van der Waals surface area contributed by atoms with E-state index >= 15 is 0 Å². The molecule has 1 rings (SSSR count). The fraction of sp³-hybridized carbons (Fsp3) is 0.467. The Labute approximate surface area is 114 Å². The molecular formula is C15H22O2S. The summed E-state index contributed by atoms with van der Waals surface area (Å²) in [5.41, 5.74) is 4.21. The number of rotatable bonds is 5. The van der Waals surface area contributed by atoms with Crippen molar-refractivity contribution in [2.24, 2.45) is 0 Å². The predicted octanol–water partition coefficient (Wildman–Crippen LogP) is 3.51. The number of benzene rings is 1. The molecule has 0 fully saturated rings. The zero-order valence-corrected chi connectivity index (χ0v) is 12.6. The molecular weight excluding hydrogens is 244 g/mol. The van der Waals surface area contributed by atoms with Gasteiger partial charge in [0.25, 0.3) is 0 Å². The van der Waals surface area contributed by atoms with Crippen LogP contribution >= 0.6 is 11.8 Å². The van der Waals surface area contributed by atoms with Crippen molar-refractivity contribution in [3.8, 4) is 5.75 Å². The summed E-state index contributed by atoms with van der Waals surface area (Å²) in [5, 5.41) is 9.96. The van der Waals surface area contributed by atoms with Gasteiger partial charge in [0.1, 0.15) is 5.75 Å². The molecule has 0 radical (unpaired) electrons. The minimum Gasteiger partial charge on any atom is -0.496 e. The van der Waals surface area contributed by atoms with Crippen molar-refractivity contribution in [1.82, 2.24) is 0 Å². The highest BCUT2D eigenvalue weighted by Crippen LogP contribution is 2.34. The number of aliphatic hydroxyl groups excluding tert-OH is 1. The van der Waals surface area contributed by atoms with Crippen LogP contribution in [0.3, 0.4) is 0 Å². The van der Waals surface area contributed by atoms with E-state index in [0.717, 1.165) is 22.4 Å². The van der Waals surface area contributed by atoms with Crippen molar-refractivity contribution in [3.05, 3.63) is 34.9 Å². The number of methoxy groups -OCH3 is 1. The first-order valence-electron chi connectivity index (χ1n) is 5.96. The van der Waals surface area contributed by atoms with Crippen LogP contribution in [-0.2, 0) is 6.42 Å². The summed E-state index contributed by atoms with van der Waals surface area (Å²) in [7, 11) is 1.68. The molecule has 0 aliphatic heterocycles. The quantitative estimate of drug-likeness (QED) is 0.653. The third-order valence-corrected chi connectivity index (χ3v) is 4.14. The molecule has 100 valence electrons. The standard InChI is InChI=1S/C15H22O2S/c1-9(2)13(16)7-12-8-14(18-6)10(3)11(4)15(12)17-5/h8,13,16H,1,7H2,2-6H3. The zero-order valence-electron chi connectivity index (χ0n) is 11.8. The molecule has 1 aromatic rings. The highest BCUT2D eigenvalue weighted by molar-refractivity contribution is 7.98. The van der Waals surface area contributed by atoms with Crippen LogP contribution < -0.4 is 4.74 Å². The molecule has 0 aromatic heterocycles. The van der Waals surface area contributed by atoms with E-state index < -0.39 is 6.10 Å². The van der Waals surface area contributed by atoms with E-state index in [1.165, 1.54) is 10.5 Å². The van der Waals surface area contributed by atoms with E-state index in [0.29, 0.717) is 6.42 Å². The lowest BCUT2D eigenvalue weighted by molar-refractivity contribution is 0.210. The molecule has 18 heavy (non-hydrogen) atoms. The van der Waals surface area contributed by atoms with Gasteiger partial charge in [-0.1, -0.05) is 12.2 Å². The normalized spacial score (nSPS) is 12.3. The Morgan fingerprint density at radius 3 is 2.50 bits per heavy atom. The molecule has 0 aliphatic rings. The minimum absolute atomic E-state index is 0.518. The molecule has 0 saturated heterocycles. The lowest BCUT2D eigenvalue weighted by Crippen LogP contribution is -2.12. The van der Waals surface area contributed by atoms with Crippen molar-refractivity contribution in [1.29, 1.82) is 0 Å². The molecule has 1 unspecified atom stereocenters. The van der Waals surface area contributed by atoms with Crippen molar-refractivity contribution in [2.45, 2.75) is 38.2 Å². The van der Waals surface area contributed by atoms with Gasteiger partial charge >= 0.3 is 0 Å². The van der Waals surface area contributed by atoms with Crippen molar-refractivity contribution in [3.63, 3.8) is 0 Å². The molecule has 1 N–H and O–H groups in total. The second kappa shape index (κ2) is 6.30. The lowest BCUT2D eigenvalue weighted by Gasteiger charge is -2.18. The van der Waals surface area contributed by atoms with Gasteiger partial charge in [0.15, 0.2) is 0 Å². The van der Waals surface area contributed by atoms with Gasteiger partial charge < -0.3 is 9.84 Å². The molecule has 0 bridgehead atoms. The second-order valence-corrected chi connectivity index (χ2v) is 5.44. The van der Waals surface area contributed by atoms with Crippen LogP contribution in [-0.4, -0.2) is 24.6 Å². The first-order chi connectivity index (χ1) is 8.42. The van der Waals surface area contributed by atoms with Crippen LogP contribution in [0, 0.1) is 13.8 Å². The Morgan fingerprint density at radius 1 is 1.44 bits per heavy atom. The van der Waals surface area contributed by atoms with Gasteiger partial charge in [-0.25, -0.2) is 0 Å². The Balaban J connectivity index is 3.25. The van der Waals surface area contributed by atoms with Gasteiger partial charge in [0.05, 0.1) is 13.2 Å². The van der Waals surface area contributed by atoms with Crippen molar-refractivity contribution < 1.29 is 9.84 Å². The maximum atomic E-state index is 9.96. The van der Waals surface area contributed by atoms with Gasteiger partial charge in [-0.2, -0.15) is 0 Å². The van der Waals surface area contributed by atoms with E-state index in [9.17, 15) is 5.11 Å². The van der Waals surface area contributed by atoms with Crippen LogP contribution in [0.4, 0.5) is 0 Å². The van der Waals surface area contributed by atoms with Crippen LogP contribution in [0.25, 0.3) is 0 Å². The molecule has 2 nitrogen and oxygen atoms in total. The fourth-order valence-electron chi connectivity index (χ4n) is 1.96. The third kappa shape index (κ3) is 3.09. The van der Waals surface area contributed by atoms with Gasteiger partial charge in [0.2, 0.25) is 0 Å². The number of aliphatic hydroxyl groups is 1. The largest absolute Gasteiger partial charge is 0.496 e. The molecule has 0 amide bonds. The summed E-state index contributed by atoms with van der Waals surface area (Å²) in [5.74, 6) is 0.880. The SMILES string of the molecule is C=C(C)C(O)Cc1cc(SC)c(C)c(C)c1OC. The van der Waals surface area contributed by atoms with Gasteiger partial charge in [-0.15, -0.1) is 11.8 Å². The predicted molar refractivity (Wildman–Crippen MR) is 78.8 cm³/mol. The fourth-order valence-corrected chi connectivity index (χ4v) is 2.68. The van der Waals surface area contributed by atoms with Crippen LogP contribution in [0.2, 0.25) is 0 Å². The van der Waals surface area contributed by atoms with E-state index in [-0.39, 0.29) is 0 Å². The molecule has 3 heteroatoms. The molecule has 1 aromatic carbocycles. The van der Waals surface area contributed by atoms with E-state index in [1.54, 1.807) is 18.9 Å². The van der Waals surface area contributed by atoms with Gasteiger partial charge in [-0.05, 0) is 49.8 Å². The summed E-state index contributed by atoms with van der Waals surface area (Å²) in [6.45, 7) is 9.79. The first kappa shape index (κ1) is 15.1. The van der Waals surface area contributed by atoms with E-state index in [4.69, 9.17) is 4.74 Å². The van der Waals surface area contributed by atoms with Gasteiger partial charge in [-0.3, -0.25) is 0 Å². The molecule has 1 atom stereocenters. The summed E-state index contributed by atoms with van der Waals surface area (Å²) < 4.78 is 5.49. The summed E-state index contributed by atoms with van der Waals surface area (Å²) in [4.78, 5) is 1.23. The number of hydrogen-bond acceptors (Lipinski definition) is 3. The summed E-state index contributed by atoms with van der Waals surface area (Å²) >= 11 is 1.72. The zero-order chi connectivity index (χ0) is 13.9. The first-order valence-corrected chi connectivity index (χ1v) is 7.19. The Hall–Kier alpha value is -0.930. The number of hydrogen-bond donors (Lipinski definition) is 1. The maximum Gasteiger partial charge on any atom is 0.125 e. The van der Waals surface area contributed by atoms with E-state index in [2.05, 4.69) is 32.7 Å². The molecule has 0 saturated carbocycles. The highest BCUT2D eigenvalue weighted by atomic mass is 32.2. The molecule has 0 spiro atoms. The Kier molecular flexibility index (Phi) is 5.29. The second-order valence-electron chi connectivity index (χ2n) is 4.59. The maximum absolute atomic E-state index is 9.96. The molecule has 0 heterocycles. The highest BCUT2D eigenvalue weighted by Gasteiger charge is 2.16. The lowest BCUT2D eigenvalue weighted by atomic mass is 9.98. The van der Waals surface area contributed by atoms with Crippen molar-refractivity contribution in [2.75, 3.05) is 13.4 Å². The third-order valence-electron chi connectivity index (χ3n) is 3.28. The number of thioether (sulfide) groups is 1. The Bertz CT molecular complexity index is 452. The average Bonchev–Trinajstić information content (AvgIpc) is 2.33. The van der Waals surface area contributed by atoms with E-state index in [1.807, 2.05) is 6.92 Å². The van der Waals surface area contributed by atoms with Crippen LogP contribution in [0.5, 0.6) is 5.75 Å². The van der Waals surface area contributed by atoms with Gasteiger partial charge in [0, 0.05) is 11.3 Å². The topological polar surface area (TPSA) is 29.5 Å². The van der Waals surface area contributed by atoms with Crippen LogP contribution in [0.15, 0.2) is 23.1 Å².